The van der Waals surface area contributed by atoms with E-state index < -0.39 is 5.60 Å². The number of piperidine rings is 1. The van der Waals surface area contributed by atoms with Crippen LogP contribution in [-0.4, -0.2) is 49.3 Å². The van der Waals surface area contributed by atoms with Crippen molar-refractivity contribution in [2.24, 2.45) is 11.7 Å². The Balaban J connectivity index is 2.09. The Morgan fingerprint density at radius 3 is 2.48 bits per heavy atom. The quantitative estimate of drug-likeness (QED) is 0.708. The summed E-state index contributed by atoms with van der Waals surface area (Å²) in [6, 6.07) is 0. The maximum atomic E-state index is 11.6. The first kappa shape index (κ1) is 18.2. The van der Waals surface area contributed by atoms with Gasteiger partial charge >= 0.3 is 6.09 Å². The first-order valence-corrected chi connectivity index (χ1v) is 8.30. The molecular weight excluding hydrogens is 266 g/mol. The predicted molar refractivity (Wildman–Crippen MR) is 86.3 cm³/mol. The summed E-state index contributed by atoms with van der Waals surface area (Å²) in [6.45, 7) is 10.7. The molecular formula is C16H33N3O2. The van der Waals surface area contributed by atoms with Gasteiger partial charge in [0.2, 0.25) is 0 Å². The first-order valence-electron chi connectivity index (χ1n) is 8.30. The van der Waals surface area contributed by atoms with Gasteiger partial charge in [0.25, 0.3) is 0 Å². The molecule has 1 aliphatic heterocycles. The van der Waals surface area contributed by atoms with Crippen molar-refractivity contribution in [2.45, 2.75) is 58.5 Å². The van der Waals surface area contributed by atoms with Crippen LogP contribution in [0.5, 0.6) is 0 Å². The highest BCUT2D eigenvalue weighted by Crippen LogP contribution is 2.17. The standard InChI is InChI=1S/C16H33N3O2/c1-16(2,3)21-15(20)18-13-14-7-11-19(12-8-14)10-6-4-5-9-17/h14H,4-13,17H2,1-3H3,(H,18,20). The molecule has 5 nitrogen and oxygen atoms in total. The number of hydrogen-bond donors (Lipinski definition) is 2. The third-order valence-electron chi connectivity index (χ3n) is 3.82. The third kappa shape index (κ3) is 8.94. The second kappa shape index (κ2) is 9.26. The van der Waals surface area contributed by atoms with Crippen LogP contribution >= 0.6 is 0 Å². The van der Waals surface area contributed by atoms with Crippen molar-refractivity contribution >= 4 is 6.09 Å². The molecule has 1 saturated heterocycles. The molecule has 1 fully saturated rings. The molecule has 3 N–H and O–H groups in total. The van der Waals surface area contributed by atoms with Crippen molar-refractivity contribution in [1.82, 2.24) is 10.2 Å². The smallest absolute Gasteiger partial charge is 0.407 e. The number of nitrogens with one attached hydrogen (secondary N) is 1. The minimum Gasteiger partial charge on any atom is -0.444 e. The van der Waals surface area contributed by atoms with Gasteiger partial charge < -0.3 is 20.7 Å². The maximum Gasteiger partial charge on any atom is 0.407 e. The fourth-order valence-electron chi connectivity index (χ4n) is 2.61. The molecule has 0 bridgehead atoms. The van der Waals surface area contributed by atoms with Gasteiger partial charge in [0.1, 0.15) is 5.60 Å². The Labute approximate surface area is 129 Å². The average molecular weight is 299 g/mol. The molecule has 0 aliphatic carbocycles. The molecule has 0 unspecified atom stereocenters. The molecule has 0 aromatic carbocycles. The molecule has 1 aliphatic rings. The number of alkyl carbamates (subject to hydrolysis) is 1. The molecule has 0 aromatic heterocycles. The molecule has 0 atom stereocenters. The highest BCUT2D eigenvalue weighted by atomic mass is 16.6. The summed E-state index contributed by atoms with van der Waals surface area (Å²) in [5.41, 5.74) is 5.08. The topological polar surface area (TPSA) is 67.6 Å². The van der Waals surface area contributed by atoms with E-state index in [1.807, 2.05) is 20.8 Å². The van der Waals surface area contributed by atoms with Crippen LogP contribution in [0.15, 0.2) is 0 Å². The number of nitrogens with two attached hydrogens (primary N) is 1. The van der Waals surface area contributed by atoms with Gasteiger partial charge in [-0.2, -0.15) is 0 Å². The summed E-state index contributed by atoms with van der Waals surface area (Å²) in [5, 5.41) is 2.89. The number of likely N-dealkylation sites (tertiary alicyclic amines) is 1. The van der Waals surface area contributed by atoms with E-state index in [0.717, 1.165) is 45.4 Å². The monoisotopic (exact) mass is 299 g/mol. The van der Waals surface area contributed by atoms with Crippen LogP contribution in [0.4, 0.5) is 4.79 Å². The molecule has 1 rings (SSSR count). The summed E-state index contributed by atoms with van der Waals surface area (Å²) in [4.78, 5) is 14.1. The zero-order valence-electron chi connectivity index (χ0n) is 14.0. The molecule has 0 radical (unpaired) electrons. The molecule has 0 saturated carbocycles. The lowest BCUT2D eigenvalue weighted by atomic mass is 9.96. The number of nitrogens with zero attached hydrogens (tertiary/aromatic N) is 1. The number of amides is 1. The largest absolute Gasteiger partial charge is 0.444 e. The zero-order valence-corrected chi connectivity index (χ0v) is 14.0. The summed E-state index contributed by atoms with van der Waals surface area (Å²) in [7, 11) is 0. The van der Waals surface area contributed by atoms with Crippen LogP contribution in [0.3, 0.4) is 0 Å². The van der Waals surface area contributed by atoms with E-state index in [2.05, 4.69) is 10.2 Å². The van der Waals surface area contributed by atoms with Crippen molar-refractivity contribution < 1.29 is 9.53 Å². The van der Waals surface area contributed by atoms with E-state index in [1.165, 1.54) is 19.4 Å². The number of carbonyl (C=O) groups is 1. The summed E-state index contributed by atoms with van der Waals surface area (Å²) in [6.07, 6.45) is 5.64. The molecule has 0 spiro atoms. The second-order valence-electron chi connectivity index (χ2n) is 7.02. The van der Waals surface area contributed by atoms with E-state index in [1.54, 1.807) is 0 Å². The third-order valence-corrected chi connectivity index (χ3v) is 3.82. The van der Waals surface area contributed by atoms with E-state index in [0.29, 0.717) is 5.92 Å². The lowest BCUT2D eigenvalue weighted by Gasteiger charge is -2.32. The van der Waals surface area contributed by atoms with Crippen molar-refractivity contribution in [2.75, 3.05) is 32.7 Å². The van der Waals surface area contributed by atoms with Crippen LogP contribution in [0.2, 0.25) is 0 Å². The first-order chi connectivity index (χ1) is 9.90. The van der Waals surface area contributed by atoms with Gasteiger partial charge in [-0.1, -0.05) is 6.42 Å². The molecule has 124 valence electrons. The fourth-order valence-corrected chi connectivity index (χ4v) is 2.61. The SMILES string of the molecule is CC(C)(C)OC(=O)NCC1CCN(CCCCCN)CC1. The van der Waals surface area contributed by atoms with E-state index >= 15 is 0 Å². The molecule has 5 heteroatoms. The normalized spacial score (nSPS) is 17.7. The Kier molecular flexibility index (Phi) is 8.04. The average Bonchev–Trinajstić information content (AvgIpc) is 2.41. The fraction of sp³-hybridized carbons (Fsp3) is 0.938. The number of unbranched alkanes of at least 4 members (excludes halogenated alkanes) is 2. The van der Waals surface area contributed by atoms with Gasteiger partial charge in [0, 0.05) is 6.54 Å². The number of ether oxygens (including phenoxy) is 1. The van der Waals surface area contributed by atoms with Gasteiger partial charge in [0.05, 0.1) is 0 Å². The van der Waals surface area contributed by atoms with Crippen LogP contribution in [-0.2, 0) is 4.74 Å². The zero-order chi connectivity index (χ0) is 15.7. The molecule has 0 aromatic rings. The summed E-state index contributed by atoms with van der Waals surface area (Å²) >= 11 is 0. The van der Waals surface area contributed by atoms with E-state index in [-0.39, 0.29) is 6.09 Å². The predicted octanol–water partition coefficient (Wildman–Crippen LogP) is 2.35. The van der Waals surface area contributed by atoms with E-state index in [9.17, 15) is 4.79 Å². The Morgan fingerprint density at radius 2 is 1.90 bits per heavy atom. The van der Waals surface area contributed by atoms with Gasteiger partial charge in [0.15, 0.2) is 0 Å². The lowest BCUT2D eigenvalue weighted by Crippen LogP contribution is -2.40. The number of rotatable bonds is 7. The summed E-state index contributed by atoms with van der Waals surface area (Å²) < 4.78 is 5.26. The number of carbonyl (C=O) groups excluding carboxylic acids is 1. The van der Waals surface area contributed by atoms with Crippen molar-refractivity contribution in [1.29, 1.82) is 0 Å². The Morgan fingerprint density at radius 1 is 1.24 bits per heavy atom. The van der Waals surface area contributed by atoms with Gasteiger partial charge in [-0.25, -0.2) is 4.79 Å². The van der Waals surface area contributed by atoms with E-state index in [4.69, 9.17) is 10.5 Å². The van der Waals surface area contributed by atoms with Gasteiger partial charge in [-0.3, -0.25) is 0 Å². The number of hydrogen-bond acceptors (Lipinski definition) is 4. The van der Waals surface area contributed by atoms with Crippen LogP contribution in [0, 0.1) is 5.92 Å². The highest BCUT2D eigenvalue weighted by Gasteiger charge is 2.21. The van der Waals surface area contributed by atoms with Crippen molar-refractivity contribution in [3.8, 4) is 0 Å². The highest BCUT2D eigenvalue weighted by molar-refractivity contribution is 5.67. The minimum absolute atomic E-state index is 0.299. The van der Waals surface area contributed by atoms with Gasteiger partial charge in [-0.15, -0.1) is 0 Å². The molecule has 21 heavy (non-hydrogen) atoms. The van der Waals surface area contributed by atoms with Gasteiger partial charge in [-0.05, 0) is 78.6 Å². The Bertz CT molecular complexity index is 294. The van der Waals surface area contributed by atoms with Crippen LogP contribution in [0.25, 0.3) is 0 Å². The molecule has 1 amide bonds. The van der Waals surface area contributed by atoms with Crippen molar-refractivity contribution in [3.05, 3.63) is 0 Å². The summed E-state index contributed by atoms with van der Waals surface area (Å²) in [5.74, 6) is 0.581. The Hall–Kier alpha value is -0.810. The van der Waals surface area contributed by atoms with Crippen molar-refractivity contribution in [3.63, 3.8) is 0 Å². The maximum absolute atomic E-state index is 11.6. The minimum atomic E-state index is -0.420. The molecule has 1 heterocycles. The second-order valence-corrected chi connectivity index (χ2v) is 7.02. The lowest BCUT2D eigenvalue weighted by molar-refractivity contribution is 0.0510. The van der Waals surface area contributed by atoms with Crippen LogP contribution in [0.1, 0.15) is 52.9 Å². The van der Waals surface area contributed by atoms with Crippen LogP contribution < -0.4 is 11.1 Å².